The second-order valence-corrected chi connectivity index (χ2v) is 4.61. The standard InChI is InChI=1S/C14H11N5OS/c20-11-5-3-4-10(8-11)9-16-19-13(17-18-14(19)21)12-6-1-2-7-15-12/h1-9,20H,(H,18,21)/b16-9-. The molecule has 0 aliphatic heterocycles. The van der Waals surface area contributed by atoms with Gasteiger partial charge in [-0.25, -0.2) is 5.10 Å². The van der Waals surface area contributed by atoms with E-state index in [4.69, 9.17) is 12.2 Å². The molecule has 2 aromatic heterocycles. The van der Waals surface area contributed by atoms with Crippen LogP contribution < -0.4 is 0 Å². The molecule has 0 fully saturated rings. The third-order valence-corrected chi connectivity index (χ3v) is 3.00. The quantitative estimate of drug-likeness (QED) is 0.575. The van der Waals surface area contributed by atoms with E-state index >= 15 is 0 Å². The summed E-state index contributed by atoms with van der Waals surface area (Å²) in [6, 6.07) is 12.3. The van der Waals surface area contributed by atoms with E-state index in [0.29, 0.717) is 16.3 Å². The number of nitrogens with zero attached hydrogens (tertiary/aromatic N) is 4. The fraction of sp³-hybridized carbons (Fsp3) is 0. The van der Waals surface area contributed by atoms with Gasteiger partial charge in [-0.15, -0.1) is 0 Å². The fourth-order valence-corrected chi connectivity index (χ4v) is 1.97. The largest absolute Gasteiger partial charge is 0.508 e. The Morgan fingerprint density at radius 2 is 2.14 bits per heavy atom. The van der Waals surface area contributed by atoms with Crippen molar-refractivity contribution in [3.8, 4) is 17.3 Å². The van der Waals surface area contributed by atoms with Gasteiger partial charge >= 0.3 is 0 Å². The lowest BCUT2D eigenvalue weighted by Crippen LogP contribution is -1.96. The van der Waals surface area contributed by atoms with Crippen LogP contribution in [0.5, 0.6) is 5.75 Å². The number of H-pyrrole nitrogens is 1. The Labute approximate surface area is 125 Å². The Bertz CT molecular complexity index is 838. The van der Waals surface area contributed by atoms with Gasteiger partial charge in [0.2, 0.25) is 10.6 Å². The van der Waals surface area contributed by atoms with Crippen LogP contribution in [0.15, 0.2) is 53.8 Å². The summed E-state index contributed by atoms with van der Waals surface area (Å²) in [6.07, 6.45) is 3.27. The predicted molar refractivity (Wildman–Crippen MR) is 81.7 cm³/mol. The highest BCUT2D eigenvalue weighted by Crippen LogP contribution is 2.14. The topological polar surface area (TPSA) is 79.1 Å². The Morgan fingerprint density at radius 1 is 1.24 bits per heavy atom. The van der Waals surface area contributed by atoms with Crippen molar-refractivity contribution in [1.82, 2.24) is 19.9 Å². The van der Waals surface area contributed by atoms with Gasteiger partial charge in [-0.1, -0.05) is 18.2 Å². The molecular formula is C14H11N5OS. The van der Waals surface area contributed by atoms with Crippen molar-refractivity contribution in [2.75, 3.05) is 0 Å². The zero-order chi connectivity index (χ0) is 14.7. The molecule has 0 amide bonds. The number of aromatic hydroxyl groups is 1. The van der Waals surface area contributed by atoms with Crippen LogP contribution >= 0.6 is 12.2 Å². The zero-order valence-electron chi connectivity index (χ0n) is 10.8. The molecule has 0 aliphatic rings. The number of phenols is 1. The third-order valence-electron chi connectivity index (χ3n) is 2.74. The highest BCUT2D eigenvalue weighted by atomic mass is 32.1. The first-order valence-electron chi connectivity index (χ1n) is 6.16. The number of hydrogen-bond acceptors (Lipinski definition) is 5. The van der Waals surface area contributed by atoms with Gasteiger partial charge in [0.25, 0.3) is 0 Å². The molecule has 0 spiro atoms. The molecule has 1 aromatic carbocycles. The van der Waals surface area contributed by atoms with Gasteiger partial charge in [-0.3, -0.25) is 4.98 Å². The molecule has 0 saturated heterocycles. The second-order valence-electron chi connectivity index (χ2n) is 4.22. The third kappa shape index (κ3) is 2.87. The molecule has 7 heteroatoms. The summed E-state index contributed by atoms with van der Waals surface area (Å²) in [4.78, 5) is 4.23. The Hall–Kier alpha value is -2.80. The van der Waals surface area contributed by atoms with Crippen molar-refractivity contribution in [3.05, 3.63) is 59.0 Å². The van der Waals surface area contributed by atoms with Crippen molar-refractivity contribution in [3.63, 3.8) is 0 Å². The molecule has 0 bridgehead atoms. The molecule has 6 nitrogen and oxygen atoms in total. The number of rotatable bonds is 3. The first-order chi connectivity index (χ1) is 10.2. The normalized spacial score (nSPS) is 11.0. The number of hydrogen-bond donors (Lipinski definition) is 2. The number of aromatic amines is 1. The van der Waals surface area contributed by atoms with Crippen LogP contribution in [0, 0.1) is 4.77 Å². The van der Waals surface area contributed by atoms with Gasteiger partial charge in [-0.2, -0.15) is 14.9 Å². The van der Waals surface area contributed by atoms with Crippen molar-refractivity contribution >= 4 is 18.4 Å². The Morgan fingerprint density at radius 3 is 2.90 bits per heavy atom. The van der Waals surface area contributed by atoms with Crippen molar-refractivity contribution < 1.29 is 5.11 Å². The van der Waals surface area contributed by atoms with Crippen molar-refractivity contribution in [2.45, 2.75) is 0 Å². The maximum Gasteiger partial charge on any atom is 0.216 e. The summed E-state index contributed by atoms with van der Waals surface area (Å²) in [5.41, 5.74) is 1.42. The smallest absolute Gasteiger partial charge is 0.216 e. The molecular weight excluding hydrogens is 286 g/mol. The van der Waals surface area contributed by atoms with Gasteiger partial charge in [0.15, 0.2) is 0 Å². The van der Waals surface area contributed by atoms with Gasteiger partial charge < -0.3 is 5.11 Å². The Kier molecular flexibility index (Phi) is 3.57. The maximum atomic E-state index is 9.44. The average Bonchev–Trinajstić information content (AvgIpc) is 2.87. The first-order valence-corrected chi connectivity index (χ1v) is 6.57. The van der Waals surface area contributed by atoms with Crippen LogP contribution in [0.3, 0.4) is 0 Å². The second kappa shape index (κ2) is 5.68. The van der Waals surface area contributed by atoms with Crippen LogP contribution in [0.25, 0.3) is 11.5 Å². The summed E-state index contributed by atoms with van der Waals surface area (Å²) in [5.74, 6) is 0.705. The van der Waals surface area contributed by atoms with Crippen LogP contribution in [-0.4, -0.2) is 31.2 Å². The highest BCUT2D eigenvalue weighted by Gasteiger charge is 2.08. The van der Waals surface area contributed by atoms with E-state index < -0.39 is 0 Å². The molecule has 0 aliphatic carbocycles. The number of nitrogens with one attached hydrogen (secondary N) is 1. The summed E-state index contributed by atoms with van der Waals surface area (Å²) < 4.78 is 1.86. The maximum absolute atomic E-state index is 9.44. The predicted octanol–water partition coefficient (Wildman–Crippen LogP) is 2.59. The minimum atomic E-state index is 0.180. The molecule has 0 saturated carbocycles. The summed E-state index contributed by atoms with van der Waals surface area (Å²) in [6.45, 7) is 0. The first kappa shape index (κ1) is 13.2. The molecule has 21 heavy (non-hydrogen) atoms. The molecule has 2 heterocycles. The average molecular weight is 297 g/mol. The molecule has 0 unspecified atom stereocenters. The van der Waals surface area contributed by atoms with E-state index in [1.807, 2.05) is 24.3 Å². The van der Waals surface area contributed by atoms with E-state index in [-0.39, 0.29) is 5.75 Å². The fourth-order valence-electron chi connectivity index (χ4n) is 1.79. The van der Waals surface area contributed by atoms with E-state index in [2.05, 4.69) is 20.3 Å². The van der Waals surface area contributed by atoms with Crippen LogP contribution in [-0.2, 0) is 0 Å². The van der Waals surface area contributed by atoms with E-state index in [1.54, 1.807) is 30.6 Å². The van der Waals surface area contributed by atoms with Crippen LogP contribution in [0.4, 0.5) is 0 Å². The van der Waals surface area contributed by atoms with E-state index in [1.165, 1.54) is 4.68 Å². The van der Waals surface area contributed by atoms with Gasteiger partial charge in [0.05, 0.1) is 6.21 Å². The number of phenolic OH excluding ortho intramolecular Hbond substituents is 1. The molecule has 104 valence electrons. The minimum Gasteiger partial charge on any atom is -0.508 e. The molecule has 0 atom stereocenters. The lowest BCUT2D eigenvalue weighted by molar-refractivity contribution is 0.475. The molecule has 2 N–H and O–H groups in total. The minimum absolute atomic E-state index is 0.180. The summed E-state index contributed by atoms with van der Waals surface area (Å²) in [7, 11) is 0. The molecule has 3 aromatic rings. The van der Waals surface area contributed by atoms with E-state index in [0.717, 1.165) is 5.56 Å². The lowest BCUT2D eigenvalue weighted by Gasteiger charge is -1.99. The molecule has 0 radical (unpaired) electrons. The zero-order valence-corrected chi connectivity index (χ0v) is 11.7. The monoisotopic (exact) mass is 297 g/mol. The number of pyridine rings is 1. The Balaban J connectivity index is 2.00. The van der Waals surface area contributed by atoms with Gasteiger partial charge in [-0.05, 0) is 42.0 Å². The number of aromatic nitrogens is 4. The summed E-state index contributed by atoms with van der Waals surface area (Å²) in [5, 5.41) is 20.6. The summed E-state index contributed by atoms with van der Waals surface area (Å²) >= 11 is 5.17. The van der Waals surface area contributed by atoms with Crippen LogP contribution in [0.1, 0.15) is 5.56 Å². The van der Waals surface area contributed by atoms with Gasteiger partial charge in [0.1, 0.15) is 11.4 Å². The number of benzene rings is 1. The van der Waals surface area contributed by atoms with Crippen LogP contribution in [0.2, 0.25) is 0 Å². The highest BCUT2D eigenvalue weighted by molar-refractivity contribution is 7.71. The van der Waals surface area contributed by atoms with E-state index in [9.17, 15) is 5.11 Å². The van der Waals surface area contributed by atoms with Crippen molar-refractivity contribution in [2.24, 2.45) is 5.10 Å². The lowest BCUT2D eigenvalue weighted by atomic mass is 10.2. The van der Waals surface area contributed by atoms with Crippen molar-refractivity contribution in [1.29, 1.82) is 0 Å². The SMILES string of the molecule is Oc1cccc(/C=N\n2c(-c3ccccn3)n[nH]c2=S)c1. The van der Waals surface area contributed by atoms with Gasteiger partial charge in [0, 0.05) is 6.20 Å². The molecule has 3 rings (SSSR count).